The van der Waals surface area contributed by atoms with Crippen LogP contribution >= 0.6 is 11.8 Å². The van der Waals surface area contributed by atoms with Crippen LogP contribution in [0, 0.1) is 5.92 Å². The minimum Gasteiger partial charge on any atom is -0.496 e. The van der Waals surface area contributed by atoms with E-state index in [1.54, 1.807) is 31.5 Å². The Morgan fingerprint density at radius 3 is 2.61 bits per heavy atom. The van der Waals surface area contributed by atoms with Crippen molar-refractivity contribution in [3.8, 4) is 5.75 Å². The number of hydrogen-bond acceptors (Lipinski definition) is 5. The highest BCUT2D eigenvalue weighted by atomic mass is 32.2. The summed E-state index contributed by atoms with van der Waals surface area (Å²) in [5.74, 6) is 0.836. The van der Waals surface area contributed by atoms with E-state index in [0.717, 1.165) is 17.9 Å². The predicted molar refractivity (Wildman–Crippen MR) is 110 cm³/mol. The maximum atomic E-state index is 12.8. The Labute approximate surface area is 169 Å². The summed E-state index contributed by atoms with van der Waals surface area (Å²) in [5.41, 5.74) is 1.21. The fourth-order valence-electron chi connectivity index (χ4n) is 3.39. The molecule has 0 radical (unpaired) electrons. The Morgan fingerprint density at radius 1 is 1.18 bits per heavy atom. The number of piperidine rings is 1. The molecule has 28 heavy (non-hydrogen) atoms. The van der Waals surface area contributed by atoms with Crippen LogP contribution in [0.1, 0.15) is 33.6 Å². The third kappa shape index (κ3) is 4.65. The normalized spacial score (nSPS) is 14.6. The first-order valence-electron chi connectivity index (χ1n) is 9.33. The number of thioether (sulfide) groups is 1. The zero-order valence-corrected chi connectivity index (χ0v) is 17.0. The lowest BCUT2D eigenvalue weighted by atomic mass is 9.96. The second-order valence-electron chi connectivity index (χ2n) is 6.71. The van der Waals surface area contributed by atoms with E-state index >= 15 is 0 Å². The van der Waals surface area contributed by atoms with Crippen molar-refractivity contribution < 1.29 is 14.3 Å². The van der Waals surface area contributed by atoms with Crippen LogP contribution in [-0.2, 0) is 0 Å². The van der Waals surface area contributed by atoms with Crippen molar-refractivity contribution in [3.63, 3.8) is 0 Å². The monoisotopic (exact) mass is 399 g/mol. The summed E-state index contributed by atoms with van der Waals surface area (Å²) < 4.78 is 5.25. The molecule has 1 fully saturated rings. The van der Waals surface area contributed by atoms with Crippen molar-refractivity contribution in [2.24, 2.45) is 5.92 Å². The Morgan fingerprint density at radius 2 is 1.89 bits per heavy atom. The second kappa shape index (κ2) is 9.59. The lowest BCUT2D eigenvalue weighted by Crippen LogP contribution is -2.41. The Hall–Kier alpha value is -2.54. The summed E-state index contributed by atoms with van der Waals surface area (Å²) in [5, 5.41) is 3.76. The van der Waals surface area contributed by atoms with Crippen LogP contribution < -0.4 is 10.1 Å². The number of carbonyl (C=O) groups excluding carboxylic acids is 2. The standard InChI is InChI=1S/C21H25N3O3S/c1-27-18-8-4-3-6-16(18)19(25)23-14-15-9-12-24(13-10-15)21(26)17-7-5-11-22-20(17)28-2/h3-8,11,15H,9-10,12-14H2,1-2H3,(H,23,25). The van der Waals surface area contributed by atoms with E-state index in [1.165, 1.54) is 11.8 Å². The minimum absolute atomic E-state index is 0.0361. The lowest BCUT2D eigenvalue weighted by Gasteiger charge is -2.32. The number of amides is 2. The van der Waals surface area contributed by atoms with Gasteiger partial charge in [0.25, 0.3) is 11.8 Å². The number of nitrogens with zero attached hydrogens (tertiary/aromatic N) is 2. The van der Waals surface area contributed by atoms with Crippen LogP contribution in [0.2, 0.25) is 0 Å². The number of ether oxygens (including phenoxy) is 1. The minimum atomic E-state index is -0.129. The number of aromatic nitrogens is 1. The van der Waals surface area contributed by atoms with Gasteiger partial charge in [0.05, 0.1) is 18.2 Å². The molecule has 6 nitrogen and oxygen atoms in total. The van der Waals surface area contributed by atoms with Crippen LogP contribution in [0.3, 0.4) is 0 Å². The third-order valence-corrected chi connectivity index (χ3v) is 5.71. The number of methoxy groups -OCH3 is 1. The van der Waals surface area contributed by atoms with Gasteiger partial charge in [0.2, 0.25) is 0 Å². The molecule has 1 aromatic carbocycles. The predicted octanol–water partition coefficient (Wildman–Crippen LogP) is 3.09. The lowest BCUT2D eigenvalue weighted by molar-refractivity contribution is 0.0680. The van der Waals surface area contributed by atoms with E-state index in [-0.39, 0.29) is 11.8 Å². The van der Waals surface area contributed by atoms with Gasteiger partial charge in [-0.2, -0.15) is 0 Å². The zero-order chi connectivity index (χ0) is 19.9. The van der Waals surface area contributed by atoms with E-state index < -0.39 is 0 Å². The number of nitrogens with one attached hydrogen (secondary N) is 1. The Bertz CT molecular complexity index is 835. The molecule has 1 saturated heterocycles. The summed E-state index contributed by atoms with van der Waals surface area (Å²) in [6.07, 6.45) is 5.37. The number of rotatable bonds is 6. The first-order valence-corrected chi connectivity index (χ1v) is 10.6. The van der Waals surface area contributed by atoms with Gasteiger partial charge in [-0.15, -0.1) is 11.8 Å². The van der Waals surface area contributed by atoms with Gasteiger partial charge in [0, 0.05) is 25.8 Å². The first-order chi connectivity index (χ1) is 13.6. The molecule has 2 amide bonds. The van der Waals surface area contributed by atoms with Crippen molar-refractivity contribution in [2.45, 2.75) is 17.9 Å². The molecule has 1 aromatic heterocycles. The van der Waals surface area contributed by atoms with E-state index in [0.29, 0.717) is 42.4 Å². The third-order valence-electron chi connectivity index (χ3n) is 5.00. The topological polar surface area (TPSA) is 71.5 Å². The largest absolute Gasteiger partial charge is 0.496 e. The molecular weight excluding hydrogens is 374 g/mol. The van der Waals surface area contributed by atoms with Crippen LogP contribution in [0.25, 0.3) is 0 Å². The molecule has 3 rings (SSSR count). The molecule has 1 aliphatic rings. The molecular formula is C21H25N3O3S. The Kier molecular flexibility index (Phi) is 6.92. The van der Waals surface area contributed by atoms with E-state index in [4.69, 9.17) is 4.74 Å². The second-order valence-corrected chi connectivity index (χ2v) is 7.50. The first kappa shape index (κ1) is 20.2. The molecule has 1 N–H and O–H groups in total. The van der Waals surface area contributed by atoms with Crippen LogP contribution in [0.5, 0.6) is 5.75 Å². The van der Waals surface area contributed by atoms with Crippen LogP contribution in [-0.4, -0.2) is 54.7 Å². The van der Waals surface area contributed by atoms with Crippen molar-refractivity contribution in [1.82, 2.24) is 15.2 Å². The van der Waals surface area contributed by atoms with E-state index in [9.17, 15) is 9.59 Å². The van der Waals surface area contributed by atoms with E-state index in [1.807, 2.05) is 29.4 Å². The zero-order valence-electron chi connectivity index (χ0n) is 16.2. The highest BCUT2D eigenvalue weighted by Gasteiger charge is 2.25. The smallest absolute Gasteiger partial charge is 0.256 e. The molecule has 2 heterocycles. The molecule has 0 spiro atoms. The fourth-order valence-corrected chi connectivity index (χ4v) is 3.93. The van der Waals surface area contributed by atoms with Gasteiger partial charge >= 0.3 is 0 Å². The van der Waals surface area contributed by atoms with Gasteiger partial charge in [0.15, 0.2) is 0 Å². The van der Waals surface area contributed by atoms with Crippen molar-refractivity contribution in [2.75, 3.05) is 33.0 Å². The fraction of sp³-hybridized carbons (Fsp3) is 0.381. The van der Waals surface area contributed by atoms with Crippen LogP contribution in [0.4, 0.5) is 0 Å². The highest BCUT2D eigenvalue weighted by molar-refractivity contribution is 7.98. The van der Waals surface area contributed by atoms with Crippen molar-refractivity contribution >= 4 is 23.6 Å². The summed E-state index contributed by atoms with van der Waals surface area (Å²) in [4.78, 5) is 31.4. The molecule has 2 aromatic rings. The van der Waals surface area contributed by atoms with Gasteiger partial charge < -0.3 is 15.0 Å². The van der Waals surface area contributed by atoms with Crippen molar-refractivity contribution in [1.29, 1.82) is 0 Å². The molecule has 0 atom stereocenters. The van der Waals surface area contributed by atoms with Gasteiger partial charge in [0.1, 0.15) is 10.8 Å². The quantitative estimate of drug-likeness (QED) is 0.756. The summed E-state index contributed by atoms with van der Waals surface area (Å²) in [7, 11) is 1.56. The molecule has 0 aliphatic carbocycles. The molecule has 0 unspecified atom stereocenters. The number of para-hydroxylation sites is 1. The van der Waals surface area contributed by atoms with Gasteiger partial charge in [-0.1, -0.05) is 12.1 Å². The highest BCUT2D eigenvalue weighted by Crippen LogP contribution is 2.23. The molecule has 7 heteroatoms. The molecule has 1 aliphatic heterocycles. The molecule has 0 saturated carbocycles. The number of carbonyl (C=O) groups is 2. The summed E-state index contributed by atoms with van der Waals surface area (Å²) >= 11 is 1.48. The summed E-state index contributed by atoms with van der Waals surface area (Å²) in [6, 6.07) is 10.8. The van der Waals surface area contributed by atoms with Crippen molar-refractivity contribution in [3.05, 3.63) is 53.7 Å². The maximum absolute atomic E-state index is 12.8. The van der Waals surface area contributed by atoms with Gasteiger partial charge in [-0.25, -0.2) is 4.98 Å². The maximum Gasteiger partial charge on any atom is 0.256 e. The van der Waals surface area contributed by atoms with Crippen LogP contribution in [0.15, 0.2) is 47.6 Å². The average Bonchev–Trinajstić information content (AvgIpc) is 2.77. The SMILES string of the molecule is COc1ccccc1C(=O)NCC1CCN(C(=O)c2cccnc2SC)CC1. The molecule has 148 valence electrons. The Balaban J connectivity index is 1.52. The van der Waals surface area contributed by atoms with Gasteiger partial charge in [-0.3, -0.25) is 9.59 Å². The van der Waals surface area contributed by atoms with Gasteiger partial charge in [-0.05, 0) is 49.3 Å². The number of likely N-dealkylation sites (tertiary alicyclic amines) is 1. The number of pyridine rings is 1. The molecule has 0 bridgehead atoms. The number of hydrogen-bond donors (Lipinski definition) is 1. The average molecular weight is 400 g/mol. The number of benzene rings is 1. The summed E-state index contributed by atoms with van der Waals surface area (Å²) in [6.45, 7) is 1.98. The van der Waals surface area contributed by atoms with E-state index in [2.05, 4.69) is 10.3 Å².